The lowest BCUT2D eigenvalue weighted by molar-refractivity contribution is -0.137. The Hall–Kier alpha value is -3.27. The van der Waals surface area contributed by atoms with Crippen LogP contribution < -0.4 is 5.56 Å². The average Bonchev–Trinajstić information content (AvgIpc) is 2.67. The van der Waals surface area contributed by atoms with E-state index >= 15 is 0 Å². The van der Waals surface area contributed by atoms with Gasteiger partial charge in [-0.15, -0.1) is 0 Å². The number of halogens is 4. The highest BCUT2D eigenvalue weighted by Crippen LogP contribution is 2.31. The van der Waals surface area contributed by atoms with E-state index in [1.807, 2.05) is 0 Å². The van der Waals surface area contributed by atoms with E-state index in [1.54, 1.807) is 0 Å². The molecule has 3 aromatic rings. The van der Waals surface area contributed by atoms with Crippen LogP contribution in [0.15, 0.2) is 69.2 Å². The summed E-state index contributed by atoms with van der Waals surface area (Å²) in [5.74, 6) is -2.20. The van der Waals surface area contributed by atoms with E-state index in [0.717, 1.165) is 34.9 Å². The molecule has 0 aliphatic rings. The summed E-state index contributed by atoms with van der Waals surface area (Å²) in [6.45, 7) is 1.34. The third-order valence-corrected chi connectivity index (χ3v) is 5.80. The molecule has 0 fully saturated rings. The summed E-state index contributed by atoms with van der Waals surface area (Å²) in [6.07, 6.45) is -4.68. The Bertz CT molecular complexity index is 1220. The standard InChI is InChI=1S/C20H13F4NO4S/c1-11-17(30(29)15-7-5-13(21)6-8-15)10-16(19(27)28)18(26)25(11)14-4-2-3-12(9-14)20(22,23)24/h2-10H,1H3,(H,27,28). The molecule has 1 unspecified atom stereocenters. The van der Waals surface area contributed by atoms with Gasteiger partial charge in [0, 0.05) is 16.3 Å². The van der Waals surface area contributed by atoms with Gasteiger partial charge in [0.25, 0.3) is 5.56 Å². The topological polar surface area (TPSA) is 76.4 Å². The molecule has 30 heavy (non-hydrogen) atoms. The van der Waals surface area contributed by atoms with E-state index in [0.29, 0.717) is 6.07 Å². The van der Waals surface area contributed by atoms with Crippen LogP contribution in [-0.4, -0.2) is 19.9 Å². The summed E-state index contributed by atoms with van der Waals surface area (Å²) in [5, 5.41) is 9.38. The lowest BCUT2D eigenvalue weighted by Gasteiger charge is -2.17. The normalized spacial score (nSPS) is 12.6. The van der Waals surface area contributed by atoms with Gasteiger partial charge in [0.15, 0.2) is 0 Å². The number of carboxylic acids is 1. The minimum absolute atomic E-state index is 0.00742. The summed E-state index contributed by atoms with van der Waals surface area (Å²) in [5.41, 5.74) is -3.10. The third-order valence-electron chi connectivity index (χ3n) is 4.29. The molecule has 1 atom stereocenters. The van der Waals surface area contributed by atoms with Gasteiger partial charge in [0.2, 0.25) is 0 Å². The number of hydrogen-bond donors (Lipinski definition) is 1. The zero-order chi connectivity index (χ0) is 22.2. The maximum atomic E-state index is 13.2. The van der Waals surface area contributed by atoms with Crippen LogP contribution in [0.25, 0.3) is 5.69 Å². The molecule has 0 aliphatic heterocycles. The van der Waals surface area contributed by atoms with E-state index in [2.05, 4.69) is 0 Å². The highest BCUT2D eigenvalue weighted by Gasteiger charge is 2.31. The first kappa shape index (κ1) is 21.4. The molecule has 0 saturated heterocycles. The minimum atomic E-state index is -4.68. The number of carboxylic acid groups (broad SMARTS) is 1. The van der Waals surface area contributed by atoms with Crippen molar-refractivity contribution in [3.8, 4) is 5.69 Å². The van der Waals surface area contributed by atoms with Crippen molar-refractivity contribution < 1.29 is 31.7 Å². The first-order valence-electron chi connectivity index (χ1n) is 8.35. The fourth-order valence-corrected chi connectivity index (χ4v) is 4.06. The van der Waals surface area contributed by atoms with Crippen molar-refractivity contribution in [2.24, 2.45) is 0 Å². The molecule has 1 aromatic heterocycles. The summed E-state index contributed by atoms with van der Waals surface area (Å²) in [7, 11) is -2.02. The van der Waals surface area contributed by atoms with Crippen LogP contribution in [0.5, 0.6) is 0 Å². The van der Waals surface area contributed by atoms with Crippen LogP contribution in [0, 0.1) is 12.7 Å². The number of pyridine rings is 1. The Morgan fingerprint density at radius 3 is 2.27 bits per heavy atom. The SMILES string of the molecule is Cc1c(S(=O)c2ccc(F)cc2)cc(C(=O)O)c(=O)n1-c1cccc(C(F)(F)F)c1. The molecule has 5 nitrogen and oxygen atoms in total. The van der Waals surface area contributed by atoms with Crippen molar-refractivity contribution in [3.63, 3.8) is 0 Å². The monoisotopic (exact) mass is 439 g/mol. The van der Waals surface area contributed by atoms with Crippen LogP contribution in [0.2, 0.25) is 0 Å². The van der Waals surface area contributed by atoms with Crippen molar-refractivity contribution in [3.05, 3.63) is 87.6 Å². The number of nitrogens with zero attached hydrogens (tertiary/aromatic N) is 1. The molecule has 0 spiro atoms. The van der Waals surface area contributed by atoms with E-state index in [9.17, 15) is 36.5 Å². The summed E-state index contributed by atoms with van der Waals surface area (Å²) in [4.78, 5) is 24.3. The highest BCUT2D eigenvalue weighted by atomic mass is 32.2. The van der Waals surface area contributed by atoms with Crippen LogP contribution in [-0.2, 0) is 17.0 Å². The van der Waals surface area contributed by atoms with Gasteiger partial charge in [-0.05, 0) is 55.5 Å². The second kappa shape index (κ2) is 7.86. The average molecular weight is 439 g/mol. The summed E-state index contributed by atoms with van der Waals surface area (Å²) in [6, 6.07) is 9.29. The van der Waals surface area contributed by atoms with Gasteiger partial charge in [-0.25, -0.2) is 13.4 Å². The Labute approximate surface area is 169 Å². The fraction of sp³-hybridized carbons (Fsp3) is 0.100. The molecule has 0 aliphatic carbocycles. The van der Waals surface area contributed by atoms with Crippen molar-refractivity contribution in [1.82, 2.24) is 4.57 Å². The quantitative estimate of drug-likeness (QED) is 0.620. The third kappa shape index (κ3) is 4.04. The fourth-order valence-electron chi connectivity index (χ4n) is 2.84. The van der Waals surface area contributed by atoms with E-state index in [-0.39, 0.29) is 21.2 Å². The number of carbonyl (C=O) groups is 1. The number of alkyl halides is 3. The van der Waals surface area contributed by atoms with Crippen molar-refractivity contribution in [2.75, 3.05) is 0 Å². The van der Waals surface area contributed by atoms with Gasteiger partial charge in [-0.1, -0.05) is 6.07 Å². The van der Waals surface area contributed by atoms with Crippen LogP contribution in [0.3, 0.4) is 0 Å². The van der Waals surface area contributed by atoms with Gasteiger partial charge < -0.3 is 5.11 Å². The highest BCUT2D eigenvalue weighted by molar-refractivity contribution is 7.85. The van der Waals surface area contributed by atoms with Gasteiger partial charge >= 0.3 is 12.1 Å². The molecule has 2 aromatic carbocycles. The van der Waals surface area contributed by atoms with Crippen molar-refractivity contribution >= 4 is 16.8 Å². The zero-order valence-corrected chi connectivity index (χ0v) is 16.1. The Balaban J connectivity index is 2.29. The Kier molecular flexibility index (Phi) is 5.62. The summed E-state index contributed by atoms with van der Waals surface area (Å²) >= 11 is 0. The Morgan fingerprint density at radius 1 is 1.07 bits per heavy atom. The molecule has 1 N–H and O–H groups in total. The second-order valence-corrected chi connectivity index (χ2v) is 7.67. The molecular weight excluding hydrogens is 426 g/mol. The van der Waals surface area contributed by atoms with E-state index in [1.165, 1.54) is 25.1 Å². The Morgan fingerprint density at radius 2 is 1.70 bits per heavy atom. The summed E-state index contributed by atoms with van der Waals surface area (Å²) < 4.78 is 66.2. The van der Waals surface area contributed by atoms with Crippen LogP contribution >= 0.6 is 0 Å². The molecule has 10 heteroatoms. The molecule has 156 valence electrons. The van der Waals surface area contributed by atoms with Gasteiger partial charge in [0.05, 0.1) is 21.3 Å². The van der Waals surface area contributed by atoms with Crippen LogP contribution in [0.4, 0.5) is 17.6 Å². The number of benzene rings is 2. The predicted molar refractivity (Wildman–Crippen MR) is 99.8 cm³/mol. The molecule has 1 heterocycles. The lowest BCUT2D eigenvalue weighted by atomic mass is 10.1. The predicted octanol–water partition coefficient (Wildman–Crippen LogP) is 4.17. The molecule has 0 amide bonds. The van der Waals surface area contributed by atoms with Crippen molar-refractivity contribution in [1.29, 1.82) is 0 Å². The van der Waals surface area contributed by atoms with Gasteiger partial charge in [-0.3, -0.25) is 9.36 Å². The zero-order valence-electron chi connectivity index (χ0n) is 15.2. The van der Waals surface area contributed by atoms with Crippen molar-refractivity contribution in [2.45, 2.75) is 22.9 Å². The molecule has 0 radical (unpaired) electrons. The largest absolute Gasteiger partial charge is 0.477 e. The first-order valence-corrected chi connectivity index (χ1v) is 9.50. The maximum Gasteiger partial charge on any atom is 0.416 e. The number of hydrogen-bond acceptors (Lipinski definition) is 3. The first-order chi connectivity index (χ1) is 14.0. The maximum absolute atomic E-state index is 13.2. The molecule has 0 bridgehead atoms. The molecule has 0 saturated carbocycles. The minimum Gasteiger partial charge on any atom is -0.477 e. The van der Waals surface area contributed by atoms with Gasteiger partial charge in [-0.2, -0.15) is 13.2 Å². The number of rotatable bonds is 4. The number of aromatic carboxylic acids is 1. The molecular formula is C20H13F4NO4S. The smallest absolute Gasteiger partial charge is 0.416 e. The second-order valence-electron chi connectivity index (χ2n) is 6.22. The lowest BCUT2D eigenvalue weighted by Crippen LogP contribution is -2.28. The number of aromatic nitrogens is 1. The van der Waals surface area contributed by atoms with Crippen LogP contribution in [0.1, 0.15) is 21.6 Å². The van der Waals surface area contributed by atoms with E-state index in [4.69, 9.17) is 0 Å². The molecule has 3 rings (SSSR count). The van der Waals surface area contributed by atoms with E-state index < -0.39 is 45.4 Å². The van der Waals surface area contributed by atoms with Gasteiger partial charge in [0.1, 0.15) is 11.4 Å².